The number of amides is 4. The van der Waals surface area contributed by atoms with Crippen molar-refractivity contribution in [3.63, 3.8) is 0 Å². The van der Waals surface area contributed by atoms with Crippen LogP contribution in [0.1, 0.15) is 39.1 Å². The molecule has 3 unspecified atom stereocenters. The molecule has 14 nitrogen and oxygen atoms in total. The average Bonchev–Trinajstić information content (AvgIpc) is 3.50. The summed E-state index contributed by atoms with van der Waals surface area (Å²) in [4.78, 5) is 60.4. The Morgan fingerprint density at radius 2 is 2.09 bits per heavy atom. The first-order valence-electron chi connectivity index (χ1n) is 10.1. The number of pyridine rings is 1. The predicted molar refractivity (Wildman–Crippen MR) is 114 cm³/mol. The molecule has 2 aromatic rings. The van der Waals surface area contributed by atoms with E-state index in [2.05, 4.69) is 28.6 Å². The zero-order chi connectivity index (χ0) is 24.6. The van der Waals surface area contributed by atoms with Crippen molar-refractivity contribution >= 4 is 36.9 Å². The maximum atomic E-state index is 12.7. The summed E-state index contributed by atoms with van der Waals surface area (Å²) >= 11 is 4.01. The minimum atomic E-state index is -0.794. The van der Waals surface area contributed by atoms with Gasteiger partial charge in [-0.15, -0.1) is 0 Å². The van der Waals surface area contributed by atoms with Crippen LogP contribution in [0, 0.1) is 0 Å². The molecule has 3 atom stereocenters. The quantitative estimate of drug-likeness (QED) is 0.130. The molecule has 4 rings (SSSR count). The van der Waals surface area contributed by atoms with E-state index in [-0.39, 0.29) is 36.4 Å². The van der Waals surface area contributed by atoms with Gasteiger partial charge in [0.2, 0.25) is 17.6 Å². The van der Waals surface area contributed by atoms with Crippen molar-refractivity contribution in [2.24, 2.45) is 0 Å². The van der Waals surface area contributed by atoms with Crippen LogP contribution in [0.2, 0.25) is 0 Å². The van der Waals surface area contributed by atoms with Gasteiger partial charge >= 0.3 is 0 Å². The zero-order valence-corrected chi connectivity index (χ0v) is 18.3. The van der Waals surface area contributed by atoms with Gasteiger partial charge in [-0.05, 0) is 6.42 Å². The van der Waals surface area contributed by atoms with Crippen LogP contribution in [0.4, 0.5) is 0 Å². The molecule has 2 aliphatic rings. The van der Waals surface area contributed by atoms with Crippen LogP contribution in [0.3, 0.4) is 0 Å². The van der Waals surface area contributed by atoms with Crippen LogP contribution in [0.15, 0.2) is 27.6 Å². The highest BCUT2D eigenvalue weighted by molar-refractivity contribution is 7.78. The summed E-state index contributed by atoms with van der Waals surface area (Å²) in [6, 6.07) is 1.000. The number of thiol groups is 1. The normalized spacial score (nSPS) is 21.8. The molecule has 0 bridgehead atoms. The number of likely N-dealkylation sites (tertiary alicyclic amines) is 1. The van der Waals surface area contributed by atoms with Crippen LogP contribution in [-0.4, -0.2) is 85.3 Å². The number of hydrogen-bond acceptors (Lipinski definition) is 10. The molecule has 0 aliphatic carbocycles. The lowest BCUT2D eigenvalue weighted by molar-refractivity contribution is -0.142. The number of hydrogen-bond donors (Lipinski definition) is 5. The largest absolute Gasteiger partial charge is 0.503 e. The Morgan fingerprint density at radius 1 is 1.32 bits per heavy atom. The zero-order valence-electron chi connectivity index (χ0n) is 17.4. The fourth-order valence-electron chi connectivity index (χ4n) is 3.88. The van der Waals surface area contributed by atoms with Gasteiger partial charge in [0, 0.05) is 37.7 Å². The van der Waals surface area contributed by atoms with E-state index in [4.69, 9.17) is 4.52 Å². The van der Waals surface area contributed by atoms with E-state index in [1.807, 2.05) is 0 Å². The van der Waals surface area contributed by atoms with Crippen LogP contribution in [0.25, 0.3) is 0 Å². The highest BCUT2D eigenvalue weighted by Gasteiger charge is 2.46. The van der Waals surface area contributed by atoms with E-state index < -0.39 is 35.1 Å². The molecule has 4 N–H and O–H groups in total. The van der Waals surface area contributed by atoms with Gasteiger partial charge in [0.15, 0.2) is 5.75 Å². The molecule has 0 aromatic carbocycles. The van der Waals surface area contributed by atoms with Crippen LogP contribution in [-0.2, 0) is 9.59 Å². The standard InChI is InChI=1S/C19H20N6O8S/c26-8-21-16-12(25(34)19(16)31)5-20-17(29)15-3-10(22-33-15)9-1-2-23(6-9)18(30)11-4-13(27)14(28)7-24(11)32/h3-4,7-9,12,16,28,32,34H,1-2,5-6H2,(H,20,29)(H,21,26). The van der Waals surface area contributed by atoms with Crippen LogP contribution >= 0.6 is 12.8 Å². The smallest absolute Gasteiger partial charge is 0.289 e. The third-order valence-electron chi connectivity index (χ3n) is 5.79. The predicted octanol–water partition coefficient (Wildman–Crippen LogP) is -1.69. The van der Waals surface area contributed by atoms with Gasteiger partial charge < -0.3 is 30.4 Å². The van der Waals surface area contributed by atoms with E-state index in [1.165, 1.54) is 11.0 Å². The Balaban J connectivity index is 1.35. The highest BCUT2D eigenvalue weighted by atomic mass is 32.1. The minimum absolute atomic E-state index is 0.0246. The average molecular weight is 492 g/mol. The number of nitrogens with one attached hydrogen (secondary N) is 2. The number of carbonyl (C=O) groups is 4. The molecule has 2 fully saturated rings. The van der Waals surface area contributed by atoms with E-state index in [1.54, 1.807) is 0 Å². The summed E-state index contributed by atoms with van der Waals surface area (Å²) in [5, 5.41) is 28.1. The Hall–Kier alpha value is -4.01. The molecule has 0 saturated carbocycles. The van der Waals surface area contributed by atoms with Gasteiger partial charge in [0.25, 0.3) is 17.7 Å². The van der Waals surface area contributed by atoms with Crippen molar-refractivity contribution < 1.29 is 34.0 Å². The molecule has 15 heteroatoms. The SMILES string of the molecule is O=CNC1C(=O)N(S)C1CNC(=O)c1cc(C2CCN(C(=O)c3cc(=O)c(O)cn3O)C2)no1. The van der Waals surface area contributed by atoms with Crippen molar-refractivity contribution in [3.05, 3.63) is 45.7 Å². The summed E-state index contributed by atoms with van der Waals surface area (Å²) in [5.74, 6) is -2.57. The lowest BCUT2D eigenvalue weighted by atomic mass is 9.99. The first-order valence-corrected chi connectivity index (χ1v) is 10.5. The summed E-state index contributed by atoms with van der Waals surface area (Å²) < 4.78 is 6.62. The number of rotatable bonds is 7. The second-order valence-corrected chi connectivity index (χ2v) is 8.26. The molecule has 4 heterocycles. The maximum absolute atomic E-state index is 12.7. The van der Waals surface area contributed by atoms with Crippen molar-refractivity contribution in [1.82, 2.24) is 29.7 Å². The van der Waals surface area contributed by atoms with Crippen molar-refractivity contribution in [2.75, 3.05) is 19.6 Å². The van der Waals surface area contributed by atoms with Gasteiger partial charge in [0.05, 0.1) is 17.9 Å². The molecular weight excluding hydrogens is 472 g/mol. The van der Waals surface area contributed by atoms with Gasteiger partial charge in [-0.1, -0.05) is 18.0 Å². The topological polar surface area (TPSA) is 187 Å². The fourth-order valence-corrected chi connectivity index (χ4v) is 4.22. The molecule has 2 aromatic heterocycles. The Kier molecular flexibility index (Phi) is 6.19. The first kappa shape index (κ1) is 23.2. The van der Waals surface area contributed by atoms with Crippen molar-refractivity contribution in [3.8, 4) is 5.75 Å². The maximum Gasteiger partial charge on any atom is 0.289 e. The number of β-lactam (4-membered cyclic amide) rings is 1. The van der Waals surface area contributed by atoms with E-state index in [9.17, 15) is 34.3 Å². The molecule has 34 heavy (non-hydrogen) atoms. The second-order valence-electron chi connectivity index (χ2n) is 7.83. The molecule has 4 amide bonds. The van der Waals surface area contributed by atoms with Gasteiger partial charge in [0.1, 0.15) is 11.7 Å². The number of nitrogens with zero attached hydrogens (tertiary/aromatic N) is 4. The molecule has 0 radical (unpaired) electrons. The summed E-state index contributed by atoms with van der Waals surface area (Å²) in [5.41, 5.74) is -0.640. The summed E-state index contributed by atoms with van der Waals surface area (Å²) in [6.07, 6.45) is 1.65. The molecule has 0 spiro atoms. The second kappa shape index (κ2) is 9.09. The fraction of sp³-hybridized carbons (Fsp3) is 0.368. The lowest BCUT2D eigenvalue weighted by Crippen LogP contribution is -2.69. The Bertz CT molecular complexity index is 1210. The van der Waals surface area contributed by atoms with Crippen molar-refractivity contribution in [1.29, 1.82) is 0 Å². The number of carbonyl (C=O) groups excluding carboxylic acids is 4. The number of aromatic nitrogens is 2. The third kappa shape index (κ3) is 4.16. The number of aromatic hydroxyl groups is 1. The Morgan fingerprint density at radius 3 is 2.82 bits per heavy atom. The summed E-state index contributed by atoms with van der Waals surface area (Å²) in [6.45, 7) is 0.543. The summed E-state index contributed by atoms with van der Waals surface area (Å²) in [7, 11) is 0. The minimum Gasteiger partial charge on any atom is -0.503 e. The van der Waals surface area contributed by atoms with E-state index >= 15 is 0 Å². The molecule has 180 valence electrons. The van der Waals surface area contributed by atoms with Gasteiger partial charge in [-0.2, -0.15) is 4.73 Å². The van der Waals surface area contributed by atoms with E-state index in [0.29, 0.717) is 29.8 Å². The molecule has 2 saturated heterocycles. The molecule has 2 aliphatic heterocycles. The van der Waals surface area contributed by atoms with Gasteiger partial charge in [-0.3, -0.25) is 28.3 Å². The van der Waals surface area contributed by atoms with Gasteiger partial charge in [-0.25, -0.2) is 0 Å². The van der Waals surface area contributed by atoms with Crippen LogP contribution < -0.4 is 16.1 Å². The monoisotopic (exact) mass is 492 g/mol. The van der Waals surface area contributed by atoms with Crippen LogP contribution in [0.5, 0.6) is 5.75 Å². The third-order valence-corrected chi connectivity index (χ3v) is 6.28. The molecular formula is C19H20N6O8S. The van der Waals surface area contributed by atoms with E-state index in [0.717, 1.165) is 16.6 Å². The first-order chi connectivity index (χ1) is 16.2. The van der Waals surface area contributed by atoms with Crippen molar-refractivity contribution in [2.45, 2.75) is 24.4 Å². The Labute approximate surface area is 196 Å². The lowest BCUT2D eigenvalue weighted by Gasteiger charge is -2.42. The highest BCUT2D eigenvalue weighted by Crippen LogP contribution is 2.28.